The van der Waals surface area contributed by atoms with Gasteiger partial charge in [-0.1, -0.05) is 17.7 Å². The molecule has 4 heteroatoms. The number of nitrogens with zero attached hydrogens (tertiary/aromatic N) is 2. The number of hydrogen-bond donors (Lipinski definition) is 1. The highest BCUT2D eigenvalue weighted by molar-refractivity contribution is 5.70. The number of methoxy groups -OCH3 is 1. The molecule has 0 saturated carbocycles. The van der Waals surface area contributed by atoms with Gasteiger partial charge in [-0.05, 0) is 30.7 Å². The van der Waals surface area contributed by atoms with Crippen LogP contribution in [0.2, 0.25) is 0 Å². The van der Waals surface area contributed by atoms with Crippen molar-refractivity contribution in [2.24, 2.45) is 0 Å². The Morgan fingerprint density at radius 3 is 2.80 bits per heavy atom. The Bertz CT molecular complexity index is 762. The fourth-order valence-corrected chi connectivity index (χ4v) is 2.28. The maximum Gasteiger partial charge on any atom is 0.137 e. The topological polar surface area (TPSA) is 46.8 Å². The summed E-state index contributed by atoms with van der Waals surface area (Å²) < 4.78 is 7.33. The van der Waals surface area contributed by atoms with Gasteiger partial charge in [0.15, 0.2) is 0 Å². The summed E-state index contributed by atoms with van der Waals surface area (Å²) in [6.45, 7) is 2.07. The predicted octanol–water partition coefficient (Wildman–Crippen LogP) is 2.81. The monoisotopic (exact) mass is 268 g/mol. The van der Waals surface area contributed by atoms with E-state index in [1.54, 1.807) is 7.11 Å². The van der Waals surface area contributed by atoms with E-state index in [2.05, 4.69) is 11.1 Å². The first-order valence-corrected chi connectivity index (χ1v) is 6.45. The zero-order valence-electron chi connectivity index (χ0n) is 11.5. The number of aryl methyl sites for hydroxylation is 1. The van der Waals surface area contributed by atoms with Crippen molar-refractivity contribution in [3.05, 3.63) is 53.9 Å². The van der Waals surface area contributed by atoms with Crippen molar-refractivity contribution >= 4 is 5.65 Å². The Balaban J connectivity index is 2.17. The van der Waals surface area contributed by atoms with Crippen LogP contribution in [0.1, 0.15) is 11.1 Å². The molecule has 2 heterocycles. The van der Waals surface area contributed by atoms with Crippen molar-refractivity contribution in [2.75, 3.05) is 7.11 Å². The van der Waals surface area contributed by atoms with Crippen molar-refractivity contribution in [1.29, 1.82) is 0 Å². The van der Waals surface area contributed by atoms with Crippen LogP contribution in [-0.4, -0.2) is 21.6 Å². The third kappa shape index (κ3) is 2.14. The van der Waals surface area contributed by atoms with Crippen molar-refractivity contribution in [3.8, 4) is 17.0 Å². The summed E-state index contributed by atoms with van der Waals surface area (Å²) >= 11 is 0. The average Bonchev–Trinajstić information content (AvgIpc) is 2.89. The second-order valence-corrected chi connectivity index (χ2v) is 4.79. The molecular weight excluding hydrogens is 252 g/mol. The van der Waals surface area contributed by atoms with Gasteiger partial charge < -0.3 is 14.2 Å². The number of rotatable bonds is 3. The zero-order valence-corrected chi connectivity index (χ0v) is 11.5. The van der Waals surface area contributed by atoms with Crippen molar-refractivity contribution in [3.63, 3.8) is 0 Å². The van der Waals surface area contributed by atoms with Crippen molar-refractivity contribution < 1.29 is 9.84 Å². The smallest absolute Gasteiger partial charge is 0.137 e. The highest BCUT2D eigenvalue weighted by Crippen LogP contribution is 2.30. The maximum absolute atomic E-state index is 9.19. The standard InChI is InChI=1S/C16H16N2O2/c1-11-3-5-15(20-2)13(7-11)14-9-18-8-12(10-19)4-6-16(18)17-14/h3-9,19H,10H2,1-2H3. The van der Waals surface area contributed by atoms with Gasteiger partial charge in [-0.3, -0.25) is 0 Å². The number of benzene rings is 1. The molecule has 0 unspecified atom stereocenters. The van der Waals surface area contributed by atoms with E-state index in [0.29, 0.717) is 0 Å². The maximum atomic E-state index is 9.19. The molecule has 1 N–H and O–H groups in total. The summed E-state index contributed by atoms with van der Waals surface area (Å²) in [6, 6.07) is 9.81. The van der Waals surface area contributed by atoms with Gasteiger partial charge in [0.25, 0.3) is 0 Å². The summed E-state index contributed by atoms with van der Waals surface area (Å²) in [5, 5.41) is 9.19. The number of fused-ring (bicyclic) bond motifs is 1. The van der Waals surface area contributed by atoms with Crippen LogP contribution in [0.4, 0.5) is 0 Å². The number of aliphatic hydroxyl groups is 1. The Labute approximate surface area is 117 Å². The third-order valence-corrected chi connectivity index (χ3v) is 3.33. The molecule has 0 fully saturated rings. The van der Waals surface area contributed by atoms with Crippen LogP contribution in [0, 0.1) is 6.92 Å². The van der Waals surface area contributed by atoms with Gasteiger partial charge in [0.05, 0.1) is 19.4 Å². The molecule has 0 aliphatic carbocycles. The largest absolute Gasteiger partial charge is 0.496 e. The Morgan fingerprint density at radius 2 is 2.05 bits per heavy atom. The number of aliphatic hydroxyl groups excluding tert-OH is 1. The van der Waals surface area contributed by atoms with Crippen molar-refractivity contribution in [2.45, 2.75) is 13.5 Å². The minimum absolute atomic E-state index is 0.0250. The molecule has 4 nitrogen and oxygen atoms in total. The minimum atomic E-state index is 0.0250. The van der Waals surface area contributed by atoms with Gasteiger partial charge >= 0.3 is 0 Å². The molecule has 0 bridgehead atoms. The Morgan fingerprint density at radius 1 is 1.20 bits per heavy atom. The molecule has 0 saturated heterocycles. The van der Waals surface area contributed by atoms with Gasteiger partial charge in [0.1, 0.15) is 11.4 Å². The SMILES string of the molecule is COc1ccc(C)cc1-c1cn2cc(CO)ccc2n1. The highest BCUT2D eigenvalue weighted by atomic mass is 16.5. The van der Waals surface area contributed by atoms with Gasteiger partial charge in [0.2, 0.25) is 0 Å². The summed E-state index contributed by atoms with van der Waals surface area (Å²) in [7, 11) is 1.66. The molecule has 0 aliphatic heterocycles. The van der Waals surface area contributed by atoms with Crippen LogP contribution in [0.3, 0.4) is 0 Å². The second kappa shape index (κ2) is 4.98. The lowest BCUT2D eigenvalue weighted by molar-refractivity contribution is 0.281. The minimum Gasteiger partial charge on any atom is -0.496 e. The first kappa shape index (κ1) is 12.7. The van der Waals surface area contributed by atoms with E-state index in [4.69, 9.17) is 4.74 Å². The first-order chi connectivity index (χ1) is 9.71. The molecule has 3 aromatic rings. The Hall–Kier alpha value is -2.33. The quantitative estimate of drug-likeness (QED) is 0.794. The lowest BCUT2D eigenvalue weighted by Crippen LogP contribution is -1.88. The summed E-state index contributed by atoms with van der Waals surface area (Å²) in [6.07, 6.45) is 3.83. The molecule has 0 aliphatic rings. The fourth-order valence-electron chi connectivity index (χ4n) is 2.28. The summed E-state index contributed by atoms with van der Waals surface area (Å²) in [5.41, 5.74) is 4.70. The number of pyridine rings is 1. The van der Waals surface area contributed by atoms with E-state index in [1.165, 1.54) is 0 Å². The molecule has 2 aromatic heterocycles. The lowest BCUT2D eigenvalue weighted by atomic mass is 10.1. The molecular formula is C16H16N2O2. The first-order valence-electron chi connectivity index (χ1n) is 6.45. The normalized spacial score (nSPS) is 10.9. The van der Waals surface area contributed by atoms with E-state index >= 15 is 0 Å². The molecule has 20 heavy (non-hydrogen) atoms. The lowest BCUT2D eigenvalue weighted by Gasteiger charge is -2.06. The van der Waals surface area contributed by atoms with Gasteiger partial charge in [-0.25, -0.2) is 4.98 Å². The second-order valence-electron chi connectivity index (χ2n) is 4.79. The number of imidazole rings is 1. The summed E-state index contributed by atoms with van der Waals surface area (Å²) in [5.74, 6) is 0.807. The molecule has 0 atom stereocenters. The summed E-state index contributed by atoms with van der Waals surface area (Å²) in [4.78, 5) is 4.61. The van der Waals surface area contributed by atoms with Crippen LogP contribution in [0.15, 0.2) is 42.7 Å². The number of ether oxygens (including phenoxy) is 1. The molecule has 3 rings (SSSR count). The van der Waals surface area contributed by atoms with Crippen LogP contribution in [-0.2, 0) is 6.61 Å². The van der Waals surface area contributed by atoms with Gasteiger partial charge in [0, 0.05) is 18.0 Å². The molecule has 102 valence electrons. The number of aromatic nitrogens is 2. The predicted molar refractivity (Wildman–Crippen MR) is 77.8 cm³/mol. The van der Waals surface area contributed by atoms with Crippen LogP contribution < -0.4 is 4.74 Å². The van der Waals surface area contributed by atoms with E-state index < -0.39 is 0 Å². The van der Waals surface area contributed by atoms with Gasteiger partial charge in [-0.2, -0.15) is 0 Å². The van der Waals surface area contributed by atoms with Crippen LogP contribution in [0.25, 0.3) is 16.9 Å². The van der Waals surface area contributed by atoms with Gasteiger partial charge in [-0.15, -0.1) is 0 Å². The molecule has 0 spiro atoms. The molecule has 0 amide bonds. The van der Waals surface area contributed by atoms with E-state index in [9.17, 15) is 5.11 Å². The fraction of sp³-hybridized carbons (Fsp3) is 0.188. The van der Waals surface area contributed by atoms with Crippen molar-refractivity contribution in [1.82, 2.24) is 9.38 Å². The van der Waals surface area contributed by atoms with E-state index in [-0.39, 0.29) is 6.61 Å². The number of hydrogen-bond acceptors (Lipinski definition) is 3. The molecule has 0 radical (unpaired) electrons. The van der Waals surface area contributed by atoms with E-state index in [1.807, 2.05) is 48.0 Å². The average molecular weight is 268 g/mol. The van der Waals surface area contributed by atoms with E-state index in [0.717, 1.165) is 33.8 Å². The molecule has 1 aromatic carbocycles. The van der Waals surface area contributed by atoms with Crippen LogP contribution >= 0.6 is 0 Å². The Kier molecular flexibility index (Phi) is 3.16. The van der Waals surface area contributed by atoms with Crippen LogP contribution in [0.5, 0.6) is 5.75 Å². The highest BCUT2D eigenvalue weighted by Gasteiger charge is 2.10. The third-order valence-electron chi connectivity index (χ3n) is 3.33. The zero-order chi connectivity index (χ0) is 14.1.